The minimum absolute atomic E-state index is 0.116. The molecule has 1 amide bonds. The first-order chi connectivity index (χ1) is 8.33. The van der Waals surface area contributed by atoms with Crippen LogP contribution in [0.4, 0.5) is 0 Å². The van der Waals surface area contributed by atoms with E-state index in [4.69, 9.17) is 5.73 Å². The molecule has 1 aromatic heterocycles. The Hall–Kier alpha value is -1.42. The molecular weight excluding hydrogens is 214 g/mol. The third-order valence-corrected chi connectivity index (χ3v) is 3.31. The van der Waals surface area contributed by atoms with E-state index < -0.39 is 0 Å². The topological polar surface area (TPSA) is 59.2 Å². The molecule has 17 heavy (non-hydrogen) atoms. The van der Waals surface area contributed by atoms with Crippen molar-refractivity contribution in [1.29, 1.82) is 0 Å². The van der Waals surface area contributed by atoms with E-state index in [9.17, 15) is 4.79 Å². The van der Waals surface area contributed by atoms with Gasteiger partial charge in [-0.15, -0.1) is 0 Å². The average Bonchev–Trinajstić information content (AvgIpc) is 2.32. The SMILES string of the molecule is NCCCN(C(=O)c1ccncc1)C1CCC1. The van der Waals surface area contributed by atoms with E-state index in [1.54, 1.807) is 24.5 Å². The highest BCUT2D eigenvalue weighted by atomic mass is 16.2. The number of nitrogens with zero attached hydrogens (tertiary/aromatic N) is 2. The molecule has 0 bridgehead atoms. The Morgan fingerprint density at radius 1 is 1.41 bits per heavy atom. The number of hydrogen-bond donors (Lipinski definition) is 1. The van der Waals surface area contributed by atoms with Crippen LogP contribution in [-0.2, 0) is 0 Å². The molecular formula is C13H19N3O. The van der Waals surface area contributed by atoms with Crippen LogP contribution in [0, 0.1) is 0 Å². The molecule has 1 aliphatic carbocycles. The molecule has 0 unspecified atom stereocenters. The smallest absolute Gasteiger partial charge is 0.254 e. The molecule has 2 N–H and O–H groups in total. The molecule has 0 spiro atoms. The van der Waals surface area contributed by atoms with Crippen LogP contribution in [0.5, 0.6) is 0 Å². The van der Waals surface area contributed by atoms with Gasteiger partial charge in [0.25, 0.3) is 5.91 Å². The Balaban J connectivity index is 2.06. The molecule has 4 nitrogen and oxygen atoms in total. The third kappa shape index (κ3) is 2.82. The standard InChI is InChI=1S/C13H19N3O/c14-7-2-10-16(12-3-1-4-12)13(17)11-5-8-15-9-6-11/h5-6,8-9,12H,1-4,7,10,14H2. The molecule has 0 saturated heterocycles. The van der Waals surface area contributed by atoms with Crippen molar-refractivity contribution in [2.75, 3.05) is 13.1 Å². The van der Waals surface area contributed by atoms with Gasteiger partial charge >= 0.3 is 0 Å². The van der Waals surface area contributed by atoms with Crippen LogP contribution in [0.3, 0.4) is 0 Å². The summed E-state index contributed by atoms with van der Waals surface area (Å²) in [4.78, 5) is 18.3. The van der Waals surface area contributed by atoms with Crippen molar-refractivity contribution in [1.82, 2.24) is 9.88 Å². The highest BCUT2D eigenvalue weighted by molar-refractivity contribution is 5.94. The lowest BCUT2D eigenvalue weighted by Crippen LogP contribution is -2.45. The maximum atomic E-state index is 12.3. The zero-order valence-electron chi connectivity index (χ0n) is 10.0. The van der Waals surface area contributed by atoms with E-state index in [0.717, 1.165) is 31.4 Å². The first kappa shape index (κ1) is 12.0. The van der Waals surface area contributed by atoms with Gasteiger partial charge in [0.15, 0.2) is 0 Å². The lowest BCUT2D eigenvalue weighted by atomic mass is 9.91. The van der Waals surface area contributed by atoms with Crippen molar-refractivity contribution in [3.05, 3.63) is 30.1 Å². The van der Waals surface area contributed by atoms with Gasteiger partial charge in [0.05, 0.1) is 0 Å². The summed E-state index contributed by atoms with van der Waals surface area (Å²) in [6.07, 6.45) is 7.67. The quantitative estimate of drug-likeness (QED) is 0.836. The fourth-order valence-corrected chi connectivity index (χ4v) is 2.07. The number of aromatic nitrogens is 1. The van der Waals surface area contributed by atoms with E-state index in [2.05, 4.69) is 4.98 Å². The van der Waals surface area contributed by atoms with Crippen molar-refractivity contribution in [2.45, 2.75) is 31.7 Å². The van der Waals surface area contributed by atoms with Crippen LogP contribution in [0.15, 0.2) is 24.5 Å². The maximum absolute atomic E-state index is 12.3. The highest BCUT2D eigenvalue weighted by Gasteiger charge is 2.28. The van der Waals surface area contributed by atoms with Gasteiger partial charge < -0.3 is 10.6 Å². The van der Waals surface area contributed by atoms with Crippen molar-refractivity contribution < 1.29 is 4.79 Å². The predicted molar refractivity (Wildman–Crippen MR) is 66.6 cm³/mol. The summed E-state index contributed by atoms with van der Waals surface area (Å²) < 4.78 is 0. The summed E-state index contributed by atoms with van der Waals surface area (Å²) in [6, 6.07) is 3.97. The highest BCUT2D eigenvalue weighted by Crippen LogP contribution is 2.26. The lowest BCUT2D eigenvalue weighted by Gasteiger charge is -2.37. The molecule has 1 saturated carbocycles. The van der Waals surface area contributed by atoms with Gasteiger partial charge in [0.1, 0.15) is 0 Å². The van der Waals surface area contributed by atoms with Crippen LogP contribution in [0.2, 0.25) is 0 Å². The number of carbonyl (C=O) groups is 1. The van der Waals surface area contributed by atoms with Gasteiger partial charge in [0, 0.05) is 30.5 Å². The Kier molecular flexibility index (Phi) is 4.09. The minimum atomic E-state index is 0.116. The summed E-state index contributed by atoms with van der Waals surface area (Å²) in [5.74, 6) is 0.116. The monoisotopic (exact) mass is 233 g/mol. The van der Waals surface area contributed by atoms with Gasteiger partial charge in [-0.2, -0.15) is 0 Å². The fraction of sp³-hybridized carbons (Fsp3) is 0.538. The van der Waals surface area contributed by atoms with Crippen molar-refractivity contribution >= 4 is 5.91 Å². The largest absolute Gasteiger partial charge is 0.336 e. The van der Waals surface area contributed by atoms with E-state index in [1.807, 2.05) is 4.90 Å². The molecule has 1 aromatic rings. The van der Waals surface area contributed by atoms with Crippen LogP contribution < -0.4 is 5.73 Å². The van der Waals surface area contributed by atoms with Crippen molar-refractivity contribution in [3.8, 4) is 0 Å². The normalized spacial score (nSPS) is 15.4. The average molecular weight is 233 g/mol. The minimum Gasteiger partial charge on any atom is -0.336 e. The number of rotatable bonds is 5. The summed E-state index contributed by atoms with van der Waals surface area (Å²) in [5.41, 5.74) is 6.25. The number of hydrogen-bond acceptors (Lipinski definition) is 3. The molecule has 2 rings (SSSR count). The molecule has 1 fully saturated rings. The molecule has 1 aliphatic rings. The molecule has 92 valence electrons. The fourth-order valence-electron chi connectivity index (χ4n) is 2.07. The van der Waals surface area contributed by atoms with Gasteiger partial charge in [-0.25, -0.2) is 0 Å². The number of nitrogens with two attached hydrogens (primary N) is 1. The Morgan fingerprint density at radius 2 is 2.12 bits per heavy atom. The van der Waals surface area contributed by atoms with Gasteiger partial charge in [-0.05, 0) is 44.4 Å². The first-order valence-electron chi connectivity index (χ1n) is 6.24. The predicted octanol–water partition coefficient (Wildman–Crippen LogP) is 1.43. The number of amides is 1. The van der Waals surface area contributed by atoms with E-state index >= 15 is 0 Å². The molecule has 0 aliphatic heterocycles. The lowest BCUT2D eigenvalue weighted by molar-refractivity contribution is 0.0578. The Morgan fingerprint density at radius 3 is 2.65 bits per heavy atom. The molecule has 4 heteroatoms. The Bertz CT molecular complexity index is 362. The number of pyridine rings is 1. The van der Waals surface area contributed by atoms with Crippen LogP contribution in [0.25, 0.3) is 0 Å². The van der Waals surface area contributed by atoms with E-state index in [-0.39, 0.29) is 5.91 Å². The van der Waals surface area contributed by atoms with Crippen LogP contribution >= 0.6 is 0 Å². The molecule has 0 aromatic carbocycles. The van der Waals surface area contributed by atoms with Crippen molar-refractivity contribution in [3.63, 3.8) is 0 Å². The van der Waals surface area contributed by atoms with Crippen molar-refractivity contribution in [2.24, 2.45) is 5.73 Å². The second-order valence-corrected chi connectivity index (χ2v) is 4.46. The van der Waals surface area contributed by atoms with Gasteiger partial charge in [-0.3, -0.25) is 9.78 Å². The van der Waals surface area contributed by atoms with Crippen LogP contribution in [0.1, 0.15) is 36.0 Å². The van der Waals surface area contributed by atoms with Crippen LogP contribution in [-0.4, -0.2) is 34.9 Å². The summed E-state index contributed by atoms with van der Waals surface area (Å²) in [5, 5.41) is 0. The second kappa shape index (κ2) is 5.77. The third-order valence-electron chi connectivity index (χ3n) is 3.31. The van der Waals surface area contributed by atoms with E-state index in [1.165, 1.54) is 6.42 Å². The molecule has 0 atom stereocenters. The Labute approximate surface area is 102 Å². The van der Waals surface area contributed by atoms with Gasteiger partial charge in [0.2, 0.25) is 0 Å². The maximum Gasteiger partial charge on any atom is 0.254 e. The van der Waals surface area contributed by atoms with E-state index in [0.29, 0.717) is 12.6 Å². The molecule has 0 radical (unpaired) electrons. The van der Waals surface area contributed by atoms with Gasteiger partial charge in [-0.1, -0.05) is 0 Å². The first-order valence-corrected chi connectivity index (χ1v) is 6.24. The zero-order valence-corrected chi connectivity index (χ0v) is 10.0. The number of carbonyl (C=O) groups excluding carboxylic acids is 1. The summed E-state index contributed by atoms with van der Waals surface area (Å²) >= 11 is 0. The second-order valence-electron chi connectivity index (χ2n) is 4.46. The molecule has 1 heterocycles. The zero-order chi connectivity index (χ0) is 12.1. The summed E-state index contributed by atoms with van der Waals surface area (Å²) in [7, 11) is 0. The summed E-state index contributed by atoms with van der Waals surface area (Å²) in [6.45, 7) is 1.40.